The molecule has 0 radical (unpaired) electrons. The lowest BCUT2D eigenvalue weighted by atomic mass is 10.1. The fourth-order valence-electron chi connectivity index (χ4n) is 1.56. The molecule has 1 aromatic heterocycles. The number of rotatable bonds is 3. The van der Waals surface area contributed by atoms with E-state index in [4.69, 9.17) is 5.11 Å². The summed E-state index contributed by atoms with van der Waals surface area (Å²) in [6.07, 6.45) is 1.84. The molecule has 0 aliphatic heterocycles. The fourth-order valence-corrected chi connectivity index (χ4v) is 1.56. The van der Waals surface area contributed by atoms with Gasteiger partial charge in [-0.3, -0.25) is 4.68 Å². The molecular formula is C12H13N3O2. The van der Waals surface area contributed by atoms with Crippen molar-refractivity contribution in [3.63, 3.8) is 0 Å². The summed E-state index contributed by atoms with van der Waals surface area (Å²) in [4.78, 5) is 10.8. The Morgan fingerprint density at radius 3 is 2.71 bits per heavy atom. The van der Waals surface area contributed by atoms with Crippen LogP contribution in [-0.2, 0) is 7.05 Å². The largest absolute Gasteiger partial charge is 0.478 e. The molecule has 0 atom stereocenters. The first kappa shape index (κ1) is 11.2. The van der Waals surface area contributed by atoms with Crippen LogP contribution in [0.1, 0.15) is 15.9 Å². The van der Waals surface area contributed by atoms with Crippen molar-refractivity contribution in [1.29, 1.82) is 0 Å². The summed E-state index contributed by atoms with van der Waals surface area (Å²) >= 11 is 0. The van der Waals surface area contributed by atoms with E-state index < -0.39 is 5.97 Å². The number of aromatic carboxylic acids is 1. The van der Waals surface area contributed by atoms with Gasteiger partial charge in [-0.2, -0.15) is 5.10 Å². The molecule has 88 valence electrons. The molecule has 0 saturated carbocycles. The highest BCUT2D eigenvalue weighted by atomic mass is 16.4. The molecule has 0 fully saturated rings. The molecule has 5 heteroatoms. The second kappa shape index (κ2) is 4.29. The lowest BCUT2D eigenvalue weighted by Crippen LogP contribution is -2.00. The molecule has 17 heavy (non-hydrogen) atoms. The maximum absolute atomic E-state index is 10.8. The third-order valence-corrected chi connectivity index (χ3v) is 2.45. The number of anilines is 2. The standard InChI is InChI=1S/C12H13N3O2/c1-8-7-9(12(16)17)3-4-10(8)13-11-5-6-15(2)14-11/h3-7H,1-2H3,(H,13,14)(H,16,17). The van der Waals surface area contributed by atoms with Crippen LogP contribution in [0.5, 0.6) is 0 Å². The third kappa shape index (κ3) is 2.44. The van der Waals surface area contributed by atoms with E-state index in [-0.39, 0.29) is 5.56 Å². The van der Waals surface area contributed by atoms with E-state index in [1.54, 1.807) is 22.9 Å². The number of hydrogen-bond acceptors (Lipinski definition) is 3. The number of hydrogen-bond donors (Lipinski definition) is 2. The maximum atomic E-state index is 10.8. The van der Waals surface area contributed by atoms with Crippen molar-refractivity contribution < 1.29 is 9.90 Å². The smallest absolute Gasteiger partial charge is 0.335 e. The minimum atomic E-state index is -0.919. The number of aryl methyl sites for hydroxylation is 2. The van der Waals surface area contributed by atoms with Crippen LogP contribution in [0.4, 0.5) is 11.5 Å². The van der Waals surface area contributed by atoms with Crippen molar-refractivity contribution >= 4 is 17.5 Å². The fraction of sp³-hybridized carbons (Fsp3) is 0.167. The van der Waals surface area contributed by atoms with Gasteiger partial charge >= 0.3 is 5.97 Å². The van der Waals surface area contributed by atoms with Gasteiger partial charge in [-0.25, -0.2) is 4.79 Å². The van der Waals surface area contributed by atoms with Crippen LogP contribution in [0, 0.1) is 6.92 Å². The lowest BCUT2D eigenvalue weighted by Gasteiger charge is -2.07. The highest BCUT2D eigenvalue weighted by molar-refractivity contribution is 5.88. The molecule has 2 aromatic rings. The van der Waals surface area contributed by atoms with E-state index in [2.05, 4.69) is 10.4 Å². The Hall–Kier alpha value is -2.30. The Morgan fingerprint density at radius 2 is 2.18 bits per heavy atom. The van der Waals surface area contributed by atoms with Gasteiger partial charge in [-0.05, 0) is 30.7 Å². The molecule has 2 N–H and O–H groups in total. The van der Waals surface area contributed by atoms with Gasteiger partial charge < -0.3 is 10.4 Å². The van der Waals surface area contributed by atoms with Crippen LogP contribution >= 0.6 is 0 Å². The van der Waals surface area contributed by atoms with Crippen LogP contribution in [0.3, 0.4) is 0 Å². The van der Waals surface area contributed by atoms with E-state index in [9.17, 15) is 4.79 Å². The van der Waals surface area contributed by atoms with Gasteiger partial charge in [0.2, 0.25) is 0 Å². The Labute approximate surface area is 98.7 Å². The van der Waals surface area contributed by atoms with Gasteiger partial charge in [0.1, 0.15) is 0 Å². The monoisotopic (exact) mass is 231 g/mol. The van der Waals surface area contributed by atoms with E-state index in [0.29, 0.717) is 0 Å². The molecule has 0 aliphatic rings. The first-order valence-corrected chi connectivity index (χ1v) is 5.17. The zero-order valence-electron chi connectivity index (χ0n) is 9.64. The van der Waals surface area contributed by atoms with Crippen LogP contribution in [-0.4, -0.2) is 20.9 Å². The number of nitrogens with one attached hydrogen (secondary N) is 1. The average Bonchev–Trinajstić information content (AvgIpc) is 2.67. The number of carboxylic acid groups (broad SMARTS) is 1. The van der Waals surface area contributed by atoms with Gasteiger partial charge in [0, 0.05) is 25.0 Å². The molecule has 0 aliphatic carbocycles. The van der Waals surface area contributed by atoms with E-state index in [1.165, 1.54) is 0 Å². The average molecular weight is 231 g/mol. The van der Waals surface area contributed by atoms with Gasteiger partial charge in [0.05, 0.1) is 5.56 Å². The summed E-state index contributed by atoms with van der Waals surface area (Å²) in [5.74, 6) is -0.184. The SMILES string of the molecule is Cc1cc(C(=O)O)ccc1Nc1ccn(C)n1. The van der Waals surface area contributed by atoms with Gasteiger partial charge in [-0.1, -0.05) is 0 Å². The molecule has 0 spiro atoms. The molecule has 1 heterocycles. The van der Waals surface area contributed by atoms with Crippen molar-refractivity contribution in [2.45, 2.75) is 6.92 Å². The molecule has 1 aromatic carbocycles. The van der Waals surface area contributed by atoms with Crippen molar-refractivity contribution in [3.8, 4) is 0 Å². The summed E-state index contributed by atoms with van der Waals surface area (Å²) in [7, 11) is 1.84. The Morgan fingerprint density at radius 1 is 1.41 bits per heavy atom. The summed E-state index contributed by atoms with van der Waals surface area (Å²) in [5.41, 5.74) is 2.01. The molecule has 0 amide bonds. The lowest BCUT2D eigenvalue weighted by molar-refractivity contribution is 0.0697. The zero-order valence-corrected chi connectivity index (χ0v) is 9.64. The second-order valence-corrected chi connectivity index (χ2v) is 3.83. The van der Waals surface area contributed by atoms with E-state index in [1.807, 2.05) is 26.2 Å². The molecule has 0 saturated heterocycles. The minimum Gasteiger partial charge on any atom is -0.478 e. The first-order chi connectivity index (χ1) is 8.06. The summed E-state index contributed by atoms with van der Waals surface area (Å²) in [5, 5.41) is 16.2. The van der Waals surface area contributed by atoms with Crippen molar-refractivity contribution in [2.75, 3.05) is 5.32 Å². The van der Waals surface area contributed by atoms with E-state index >= 15 is 0 Å². The predicted molar refractivity (Wildman–Crippen MR) is 64.6 cm³/mol. The second-order valence-electron chi connectivity index (χ2n) is 3.83. The highest BCUT2D eigenvalue weighted by Crippen LogP contribution is 2.20. The normalized spacial score (nSPS) is 10.2. The minimum absolute atomic E-state index is 0.286. The van der Waals surface area contributed by atoms with Gasteiger partial charge in [-0.15, -0.1) is 0 Å². The Bertz CT molecular complexity index is 561. The molecule has 0 unspecified atom stereocenters. The topological polar surface area (TPSA) is 67.2 Å². The summed E-state index contributed by atoms with van der Waals surface area (Å²) in [6, 6.07) is 6.80. The highest BCUT2D eigenvalue weighted by Gasteiger charge is 2.06. The zero-order chi connectivity index (χ0) is 12.4. The number of carbonyl (C=O) groups is 1. The number of aromatic nitrogens is 2. The Balaban J connectivity index is 2.25. The molecule has 5 nitrogen and oxygen atoms in total. The van der Waals surface area contributed by atoms with Crippen LogP contribution in [0.25, 0.3) is 0 Å². The maximum Gasteiger partial charge on any atom is 0.335 e. The molecular weight excluding hydrogens is 218 g/mol. The van der Waals surface area contributed by atoms with Gasteiger partial charge in [0.15, 0.2) is 5.82 Å². The number of nitrogens with zero attached hydrogens (tertiary/aromatic N) is 2. The van der Waals surface area contributed by atoms with Gasteiger partial charge in [0.25, 0.3) is 0 Å². The third-order valence-electron chi connectivity index (χ3n) is 2.45. The van der Waals surface area contributed by atoms with Crippen molar-refractivity contribution in [2.24, 2.45) is 7.05 Å². The quantitative estimate of drug-likeness (QED) is 0.849. The van der Waals surface area contributed by atoms with Crippen molar-refractivity contribution in [1.82, 2.24) is 9.78 Å². The predicted octanol–water partition coefficient (Wildman–Crippen LogP) is 2.17. The molecule has 0 bridgehead atoms. The first-order valence-electron chi connectivity index (χ1n) is 5.17. The van der Waals surface area contributed by atoms with Crippen LogP contribution in [0.15, 0.2) is 30.5 Å². The number of benzene rings is 1. The molecule has 2 rings (SSSR count). The van der Waals surface area contributed by atoms with Crippen LogP contribution in [0.2, 0.25) is 0 Å². The Kier molecular flexibility index (Phi) is 2.82. The number of carboxylic acids is 1. The van der Waals surface area contributed by atoms with E-state index in [0.717, 1.165) is 17.1 Å². The summed E-state index contributed by atoms with van der Waals surface area (Å²) < 4.78 is 1.70. The van der Waals surface area contributed by atoms with Crippen molar-refractivity contribution in [3.05, 3.63) is 41.6 Å². The van der Waals surface area contributed by atoms with Crippen LogP contribution < -0.4 is 5.32 Å². The summed E-state index contributed by atoms with van der Waals surface area (Å²) in [6.45, 7) is 1.86.